The largest absolute Gasteiger partial charge is 0.364 e. The Labute approximate surface area is 204 Å². The van der Waals surface area contributed by atoms with Gasteiger partial charge in [-0.15, -0.1) is 6.42 Å². The molecule has 0 bridgehead atoms. The van der Waals surface area contributed by atoms with Crippen LogP contribution in [0.3, 0.4) is 0 Å². The third-order valence-electron chi connectivity index (χ3n) is 5.41. The number of allylic oxidation sites excluding steroid dienone is 1. The van der Waals surface area contributed by atoms with Gasteiger partial charge in [0.2, 0.25) is 5.91 Å². The van der Waals surface area contributed by atoms with Crippen LogP contribution in [0.5, 0.6) is 0 Å². The smallest absolute Gasteiger partial charge is 0.319 e. The van der Waals surface area contributed by atoms with Gasteiger partial charge in [-0.05, 0) is 60.9 Å². The molecule has 3 rings (SSSR count). The van der Waals surface area contributed by atoms with Crippen LogP contribution in [0.4, 0.5) is 10.5 Å². The van der Waals surface area contributed by atoms with Crippen molar-refractivity contribution in [1.82, 2.24) is 15.6 Å². The van der Waals surface area contributed by atoms with Gasteiger partial charge >= 0.3 is 6.03 Å². The lowest BCUT2D eigenvalue weighted by atomic mass is 9.89. The van der Waals surface area contributed by atoms with Gasteiger partial charge in [0, 0.05) is 35.1 Å². The molecule has 0 radical (unpaired) electrons. The molecule has 0 aliphatic carbocycles. The van der Waals surface area contributed by atoms with Gasteiger partial charge in [0.1, 0.15) is 6.04 Å². The number of aryl methyl sites for hydroxylation is 1. The van der Waals surface area contributed by atoms with Gasteiger partial charge in [-0.2, -0.15) is 0 Å². The second kappa shape index (κ2) is 11.8. The number of anilines is 1. The highest BCUT2D eigenvalue weighted by Crippen LogP contribution is 2.33. The van der Waals surface area contributed by atoms with Crippen LogP contribution in [0, 0.1) is 19.3 Å². The Hall–Kier alpha value is -3.95. The summed E-state index contributed by atoms with van der Waals surface area (Å²) < 4.78 is 0. The van der Waals surface area contributed by atoms with Crippen molar-refractivity contribution in [2.45, 2.75) is 25.8 Å². The molecule has 1 aromatic heterocycles. The molecule has 7 heteroatoms. The van der Waals surface area contributed by atoms with Crippen molar-refractivity contribution in [3.8, 4) is 12.3 Å². The summed E-state index contributed by atoms with van der Waals surface area (Å²) in [7, 11) is 0. The van der Waals surface area contributed by atoms with Gasteiger partial charge in [0.05, 0.1) is 0 Å². The lowest BCUT2D eigenvalue weighted by Crippen LogP contribution is -2.47. The highest BCUT2D eigenvalue weighted by molar-refractivity contribution is 6.31. The lowest BCUT2D eigenvalue weighted by molar-refractivity contribution is -0.122. The fourth-order valence-electron chi connectivity index (χ4n) is 3.65. The summed E-state index contributed by atoms with van der Waals surface area (Å²) in [5, 5.41) is 8.91. The summed E-state index contributed by atoms with van der Waals surface area (Å²) in [5.41, 5.74) is 4.38. The number of hydrogen-bond acceptors (Lipinski definition) is 2. The molecular weight excluding hydrogens is 448 g/mol. The zero-order valence-electron chi connectivity index (χ0n) is 19.1. The van der Waals surface area contributed by atoms with Crippen LogP contribution in [0.15, 0.2) is 66.9 Å². The number of H-pyrrole nitrogens is 1. The van der Waals surface area contributed by atoms with Gasteiger partial charge in [-0.3, -0.25) is 4.79 Å². The number of hydrogen-bond donors (Lipinski definition) is 4. The van der Waals surface area contributed by atoms with Crippen molar-refractivity contribution in [3.63, 3.8) is 0 Å². The quantitative estimate of drug-likeness (QED) is 0.343. The van der Waals surface area contributed by atoms with E-state index < -0.39 is 12.1 Å². The van der Waals surface area contributed by atoms with E-state index in [2.05, 4.69) is 26.9 Å². The predicted molar refractivity (Wildman–Crippen MR) is 138 cm³/mol. The molecule has 1 heterocycles. The maximum atomic E-state index is 12.8. The van der Waals surface area contributed by atoms with Crippen molar-refractivity contribution in [2.24, 2.45) is 0 Å². The Morgan fingerprint density at radius 1 is 1.12 bits per heavy atom. The van der Waals surface area contributed by atoms with Crippen molar-refractivity contribution in [2.75, 3.05) is 11.9 Å². The minimum atomic E-state index is -0.746. The molecule has 0 saturated carbocycles. The molecule has 2 unspecified atom stereocenters. The number of aromatic amines is 1. The summed E-state index contributed by atoms with van der Waals surface area (Å²) in [5.74, 6) is 1.97. The van der Waals surface area contributed by atoms with Crippen molar-refractivity contribution >= 4 is 35.3 Å². The van der Waals surface area contributed by atoms with Crippen LogP contribution < -0.4 is 16.0 Å². The number of rotatable bonds is 8. The van der Waals surface area contributed by atoms with E-state index in [1.54, 1.807) is 25.1 Å². The van der Waals surface area contributed by atoms with E-state index in [0.717, 1.165) is 22.4 Å². The van der Waals surface area contributed by atoms with E-state index in [0.29, 0.717) is 10.7 Å². The van der Waals surface area contributed by atoms with Gasteiger partial charge in [0.25, 0.3) is 0 Å². The standard InChI is InChI=1S/C27H27ClN4O2/c1-4-5-13-21-18(2)29-16-23(21)24(22-14-9-10-15-25(22)28)17-30-26(33)19(3)31-27(34)32-20-11-7-6-8-12-20/h1,5-16,19,24,29H,17H2,2-3H3,(H,30,33)(H2,31,32,34)/b13-5-. The third kappa shape index (κ3) is 6.31. The average molecular weight is 475 g/mol. The average Bonchev–Trinajstić information content (AvgIpc) is 3.19. The molecule has 3 amide bonds. The Kier molecular flexibility index (Phi) is 8.55. The number of nitrogens with one attached hydrogen (secondary N) is 4. The Bertz CT molecular complexity index is 1210. The first kappa shape index (κ1) is 24.7. The minimum Gasteiger partial charge on any atom is -0.364 e. The third-order valence-corrected chi connectivity index (χ3v) is 5.76. The predicted octanol–water partition coefficient (Wildman–Crippen LogP) is 5.08. The van der Waals surface area contributed by atoms with Crippen LogP contribution in [-0.4, -0.2) is 29.5 Å². The number of terminal acetylenes is 1. The maximum Gasteiger partial charge on any atom is 0.319 e. The molecule has 4 N–H and O–H groups in total. The SMILES string of the molecule is C#C/C=C\c1c(C(CNC(=O)C(C)NC(=O)Nc2ccccc2)c2ccccc2Cl)c[nH]c1C. The fraction of sp³-hybridized carbons (Fsp3) is 0.185. The summed E-state index contributed by atoms with van der Waals surface area (Å²) in [6.45, 7) is 3.87. The van der Waals surface area contributed by atoms with Gasteiger partial charge < -0.3 is 20.9 Å². The molecule has 34 heavy (non-hydrogen) atoms. The number of para-hydroxylation sites is 1. The molecule has 2 atom stereocenters. The van der Waals surface area contributed by atoms with Crippen molar-refractivity contribution < 1.29 is 9.59 Å². The highest BCUT2D eigenvalue weighted by Gasteiger charge is 2.24. The second-order valence-corrected chi connectivity index (χ2v) is 8.20. The minimum absolute atomic E-state index is 0.231. The van der Waals surface area contributed by atoms with E-state index in [1.807, 2.05) is 61.7 Å². The number of benzene rings is 2. The first-order valence-corrected chi connectivity index (χ1v) is 11.2. The number of carbonyl (C=O) groups is 2. The number of aromatic nitrogens is 1. The molecule has 6 nitrogen and oxygen atoms in total. The molecule has 0 saturated heterocycles. The number of carbonyl (C=O) groups excluding carboxylic acids is 2. The number of amides is 3. The molecule has 0 aliphatic rings. The topological polar surface area (TPSA) is 86.0 Å². The Balaban J connectivity index is 1.74. The fourth-order valence-corrected chi connectivity index (χ4v) is 3.92. The monoisotopic (exact) mass is 474 g/mol. The van der Waals surface area contributed by atoms with E-state index in [1.165, 1.54) is 0 Å². The van der Waals surface area contributed by atoms with E-state index in [4.69, 9.17) is 18.0 Å². The summed E-state index contributed by atoms with van der Waals surface area (Å²) in [6.07, 6.45) is 10.8. The van der Waals surface area contributed by atoms with E-state index in [9.17, 15) is 9.59 Å². The first-order valence-electron chi connectivity index (χ1n) is 10.9. The van der Waals surface area contributed by atoms with Gasteiger partial charge in [-0.25, -0.2) is 4.79 Å². The van der Waals surface area contributed by atoms with Crippen LogP contribution in [0.2, 0.25) is 5.02 Å². The molecule has 0 aliphatic heterocycles. The Morgan fingerprint density at radius 3 is 2.53 bits per heavy atom. The molecule has 0 spiro atoms. The van der Waals surface area contributed by atoms with Crippen molar-refractivity contribution in [1.29, 1.82) is 0 Å². The zero-order chi connectivity index (χ0) is 24.5. The molecule has 3 aromatic rings. The molecular formula is C27H27ClN4O2. The Morgan fingerprint density at radius 2 is 1.82 bits per heavy atom. The van der Waals surface area contributed by atoms with E-state index >= 15 is 0 Å². The maximum absolute atomic E-state index is 12.8. The number of urea groups is 1. The summed E-state index contributed by atoms with van der Waals surface area (Å²) in [6, 6.07) is 15.3. The normalized spacial score (nSPS) is 12.5. The van der Waals surface area contributed by atoms with Crippen molar-refractivity contribution in [3.05, 3.63) is 94.3 Å². The van der Waals surface area contributed by atoms with E-state index in [-0.39, 0.29) is 18.4 Å². The molecule has 0 fully saturated rings. The van der Waals surface area contributed by atoms with Gasteiger partial charge in [-0.1, -0.05) is 53.9 Å². The second-order valence-electron chi connectivity index (χ2n) is 7.79. The van der Waals surface area contributed by atoms with Crippen LogP contribution in [-0.2, 0) is 4.79 Å². The highest BCUT2D eigenvalue weighted by atomic mass is 35.5. The summed E-state index contributed by atoms with van der Waals surface area (Å²) in [4.78, 5) is 28.3. The number of halogens is 1. The van der Waals surface area contributed by atoms with Crippen LogP contribution in [0.1, 0.15) is 35.2 Å². The molecule has 174 valence electrons. The van der Waals surface area contributed by atoms with Crippen LogP contribution >= 0.6 is 11.6 Å². The summed E-state index contributed by atoms with van der Waals surface area (Å²) >= 11 is 6.52. The van der Waals surface area contributed by atoms with Crippen LogP contribution in [0.25, 0.3) is 6.08 Å². The van der Waals surface area contributed by atoms with Gasteiger partial charge in [0.15, 0.2) is 0 Å². The first-order chi connectivity index (χ1) is 16.4. The lowest BCUT2D eigenvalue weighted by Gasteiger charge is -2.22. The zero-order valence-corrected chi connectivity index (χ0v) is 19.8. The molecule has 2 aromatic carbocycles.